The number of halogens is 2. The summed E-state index contributed by atoms with van der Waals surface area (Å²) in [6.45, 7) is 1.74. The molecular weight excluding hydrogens is 246 g/mol. The number of hydrogen-bond donors (Lipinski definition) is 2. The van der Waals surface area contributed by atoms with E-state index in [9.17, 15) is 8.78 Å². The molecule has 0 radical (unpaired) electrons. The fourth-order valence-corrected chi connectivity index (χ4v) is 2.27. The number of aromatic nitrogens is 2. The first-order chi connectivity index (χ1) is 8.13. The van der Waals surface area contributed by atoms with E-state index in [0.717, 1.165) is 29.7 Å². The summed E-state index contributed by atoms with van der Waals surface area (Å²) in [6.07, 6.45) is 0. The monoisotopic (exact) mass is 256 g/mol. The first kappa shape index (κ1) is 12.0. The molecule has 1 atom stereocenters. The average Bonchev–Trinajstić information content (AvgIpc) is 2.71. The largest absolute Gasteiger partial charge is 0.271 e. The van der Waals surface area contributed by atoms with Crippen LogP contribution in [0.5, 0.6) is 0 Å². The van der Waals surface area contributed by atoms with Gasteiger partial charge in [-0.3, -0.25) is 5.84 Å². The third kappa shape index (κ3) is 2.31. The maximum atomic E-state index is 13.6. The van der Waals surface area contributed by atoms with E-state index in [0.29, 0.717) is 10.6 Å². The summed E-state index contributed by atoms with van der Waals surface area (Å²) in [5.41, 5.74) is 3.23. The van der Waals surface area contributed by atoms with E-state index in [1.54, 1.807) is 6.92 Å². The molecule has 0 spiro atoms. The van der Waals surface area contributed by atoms with Gasteiger partial charge in [-0.25, -0.2) is 14.2 Å². The van der Waals surface area contributed by atoms with Crippen LogP contribution in [0.3, 0.4) is 0 Å². The topological polar surface area (TPSA) is 63.8 Å². The lowest BCUT2D eigenvalue weighted by molar-refractivity contribution is 0.547. The van der Waals surface area contributed by atoms with Crippen molar-refractivity contribution in [3.8, 4) is 0 Å². The Labute approximate surface area is 101 Å². The molecule has 3 N–H and O–H groups in total. The molecule has 0 saturated heterocycles. The molecule has 2 rings (SSSR count). The van der Waals surface area contributed by atoms with Gasteiger partial charge in [0, 0.05) is 5.56 Å². The molecule has 90 valence electrons. The number of nitrogens with two attached hydrogens (primary N) is 1. The molecule has 0 aliphatic carbocycles. The summed E-state index contributed by atoms with van der Waals surface area (Å²) >= 11 is 1.10. The summed E-state index contributed by atoms with van der Waals surface area (Å²) in [4.78, 5) is 0.664. The van der Waals surface area contributed by atoms with Crippen LogP contribution >= 0.6 is 11.5 Å². The number of benzene rings is 1. The number of hydrazine groups is 1. The van der Waals surface area contributed by atoms with Gasteiger partial charge in [0.2, 0.25) is 0 Å². The zero-order valence-corrected chi connectivity index (χ0v) is 9.76. The van der Waals surface area contributed by atoms with Crippen LogP contribution in [0.2, 0.25) is 0 Å². The molecule has 0 amide bonds. The Morgan fingerprint density at radius 3 is 2.76 bits per heavy atom. The van der Waals surface area contributed by atoms with Crippen molar-refractivity contribution in [2.75, 3.05) is 0 Å². The number of nitrogens with zero attached hydrogens (tertiary/aromatic N) is 2. The SMILES string of the molecule is Cc1nnsc1C(NN)c1cc(F)ccc1F. The van der Waals surface area contributed by atoms with Crippen molar-refractivity contribution in [2.24, 2.45) is 5.84 Å². The number of nitrogens with one attached hydrogen (secondary N) is 1. The Kier molecular flexibility index (Phi) is 3.41. The van der Waals surface area contributed by atoms with Crippen molar-refractivity contribution >= 4 is 11.5 Å². The van der Waals surface area contributed by atoms with Gasteiger partial charge in [0.25, 0.3) is 0 Å². The lowest BCUT2D eigenvalue weighted by atomic mass is 10.0. The summed E-state index contributed by atoms with van der Waals surface area (Å²) in [5, 5.41) is 3.82. The molecule has 1 heterocycles. The lowest BCUT2D eigenvalue weighted by Crippen LogP contribution is -2.29. The molecule has 1 aromatic carbocycles. The minimum Gasteiger partial charge on any atom is -0.271 e. The second-order valence-corrected chi connectivity index (χ2v) is 4.27. The van der Waals surface area contributed by atoms with Crippen LogP contribution in [0, 0.1) is 18.6 Å². The Hall–Kier alpha value is -1.44. The molecular formula is C10H10F2N4S. The predicted molar refractivity (Wildman–Crippen MR) is 60.2 cm³/mol. The Balaban J connectivity index is 2.49. The van der Waals surface area contributed by atoms with E-state index in [4.69, 9.17) is 5.84 Å². The van der Waals surface area contributed by atoms with Gasteiger partial charge >= 0.3 is 0 Å². The number of hydrogen-bond acceptors (Lipinski definition) is 5. The fraction of sp³-hybridized carbons (Fsp3) is 0.200. The minimum atomic E-state index is -0.648. The molecule has 2 aromatic rings. The van der Waals surface area contributed by atoms with Crippen molar-refractivity contribution in [1.29, 1.82) is 0 Å². The zero-order valence-electron chi connectivity index (χ0n) is 8.95. The van der Waals surface area contributed by atoms with Gasteiger partial charge in [0.1, 0.15) is 11.6 Å². The van der Waals surface area contributed by atoms with Gasteiger partial charge < -0.3 is 0 Å². The van der Waals surface area contributed by atoms with Crippen LogP contribution < -0.4 is 11.3 Å². The van der Waals surface area contributed by atoms with E-state index in [2.05, 4.69) is 15.0 Å². The Morgan fingerprint density at radius 1 is 1.41 bits per heavy atom. The normalized spacial score (nSPS) is 12.7. The molecule has 1 aromatic heterocycles. The quantitative estimate of drug-likeness (QED) is 0.648. The van der Waals surface area contributed by atoms with Crippen LogP contribution in [-0.4, -0.2) is 9.59 Å². The van der Waals surface area contributed by atoms with Crippen molar-refractivity contribution in [1.82, 2.24) is 15.0 Å². The second-order valence-electron chi connectivity index (χ2n) is 3.49. The van der Waals surface area contributed by atoms with E-state index in [-0.39, 0.29) is 5.56 Å². The predicted octanol–water partition coefficient (Wildman–Crippen LogP) is 1.68. The summed E-state index contributed by atoms with van der Waals surface area (Å²) in [6, 6.07) is 2.59. The van der Waals surface area contributed by atoms with E-state index < -0.39 is 17.7 Å². The number of rotatable bonds is 3. The fourth-order valence-electron chi connectivity index (χ4n) is 1.55. The molecule has 0 aliphatic rings. The smallest absolute Gasteiger partial charge is 0.128 e. The van der Waals surface area contributed by atoms with E-state index >= 15 is 0 Å². The van der Waals surface area contributed by atoms with Crippen LogP contribution in [0.1, 0.15) is 22.2 Å². The highest BCUT2D eigenvalue weighted by Gasteiger charge is 2.21. The lowest BCUT2D eigenvalue weighted by Gasteiger charge is -2.15. The molecule has 0 fully saturated rings. The molecule has 1 unspecified atom stereocenters. The zero-order chi connectivity index (χ0) is 12.4. The van der Waals surface area contributed by atoms with Crippen molar-refractivity contribution in [2.45, 2.75) is 13.0 Å². The van der Waals surface area contributed by atoms with Crippen LogP contribution in [-0.2, 0) is 0 Å². The van der Waals surface area contributed by atoms with Crippen molar-refractivity contribution in [3.05, 3.63) is 46.0 Å². The van der Waals surface area contributed by atoms with E-state index in [1.807, 2.05) is 0 Å². The van der Waals surface area contributed by atoms with Gasteiger partial charge in [-0.1, -0.05) is 4.49 Å². The van der Waals surface area contributed by atoms with Gasteiger partial charge in [0.15, 0.2) is 0 Å². The number of aryl methyl sites for hydroxylation is 1. The minimum absolute atomic E-state index is 0.140. The first-order valence-electron chi connectivity index (χ1n) is 4.83. The molecule has 17 heavy (non-hydrogen) atoms. The highest BCUT2D eigenvalue weighted by atomic mass is 32.1. The average molecular weight is 256 g/mol. The van der Waals surface area contributed by atoms with Gasteiger partial charge in [-0.05, 0) is 36.7 Å². The Morgan fingerprint density at radius 2 is 2.18 bits per heavy atom. The Bertz CT molecular complexity index is 529. The molecule has 4 nitrogen and oxygen atoms in total. The maximum absolute atomic E-state index is 13.6. The van der Waals surface area contributed by atoms with Crippen molar-refractivity contribution in [3.63, 3.8) is 0 Å². The highest BCUT2D eigenvalue weighted by Crippen LogP contribution is 2.28. The molecule has 7 heteroatoms. The standard InChI is InChI=1S/C10H10F2N4S/c1-5-10(17-16-15-5)9(14-13)7-4-6(11)2-3-8(7)12/h2-4,9,14H,13H2,1H3. The molecule has 0 saturated carbocycles. The van der Waals surface area contributed by atoms with Crippen LogP contribution in [0.4, 0.5) is 8.78 Å². The molecule has 0 aliphatic heterocycles. The van der Waals surface area contributed by atoms with Gasteiger partial charge in [-0.15, -0.1) is 5.10 Å². The van der Waals surface area contributed by atoms with E-state index in [1.165, 1.54) is 0 Å². The van der Waals surface area contributed by atoms with Crippen LogP contribution in [0.25, 0.3) is 0 Å². The first-order valence-corrected chi connectivity index (χ1v) is 5.60. The summed E-state index contributed by atoms with van der Waals surface area (Å²) in [7, 11) is 0. The third-order valence-corrected chi connectivity index (χ3v) is 3.28. The third-order valence-electron chi connectivity index (χ3n) is 2.38. The van der Waals surface area contributed by atoms with Crippen LogP contribution in [0.15, 0.2) is 18.2 Å². The molecule has 0 bridgehead atoms. The highest BCUT2D eigenvalue weighted by molar-refractivity contribution is 7.05. The van der Waals surface area contributed by atoms with Crippen molar-refractivity contribution < 1.29 is 8.78 Å². The summed E-state index contributed by atoms with van der Waals surface area (Å²) in [5.74, 6) is 4.35. The van der Waals surface area contributed by atoms with Gasteiger partial charge in [0.05, 0.1) is 16.6 Å². The second kappa shape index (κ2) is 4.82. The summed E-state index contributed by atoms with van der Waals surface area (Å²) < 4.78 is 30.5. The maximum Gasteiger partial charge on any atom is 0.128 e. The van der Waals surface area contributed by atoms with Gasteiger partial charge in [-0.2, -0.15) is 0 Å².